The molecule has 5 nitrogen and oxygen atoms in total. The summed E-state index contributed by atoms with van der Waals surface area (Å²) in [6.07, 6.45) is -4.25. The molecule has 0 spiro atoms. The highest BCUT2D eigenvalue weighted by Gasteiger charge is 2.42. The Morgan fingerprint density at radius 3 is 2.45 bits per heavy atom. The highest BCUT2D eigenvalue weighted by Crippen LogP contribution is 2.31. The van der Waals surface area contributed by atoms with Crippen LogP contribution in [0.4, 0.5) is 13.2 Å². The van der Waals surface area contributed by atoms with Crippen molar-refractivity contribution in [2.75, 3.05) is 24.6 Å². The third-order valence-electron chi connectivity index (χ3n) is 3.35. The summed E-state index contributed by atoms with van der Waals surface area (Å²) < 4.78 is 59.7. The largest absolute Gasteiger partial charge is 0.393 e. The molecule has 1 aliphatic rings. The van der Waals surface area contributed by atoms with Gasteiger partial charge in [-0.3, -0.25) is 4.79 Å². The van der Waals surface area contributed by atoms with E-state index in [0.29, 0.717) is 0 Å². The predicted molar refractivity (Wildman–Crippen MR) is 67.9 cm³/mol. The van der Waals surface area contributed by atoms with Crippen LogP contribution in [0.15, 0.2) is 0 Å². The molecule has 1 heterocycles. The molecule has 1 fully saturated rings. The summed E-state index contributed by atoms with van der Waals surface area (Å²) in [4.78, 5) is 11.7. The van der Waals surface area contributed by atoms with Crippen LogP contribution in [0.25, 0.3) is 0 Å². The Morgan fingerprint density at radius 2 is 2.00 bits per heavy atom. The van der Waals surface area contributed by atoms with Crippen LogP contribution in [0.3, 0.4) is 0 Å². The molecule has 20 heavy (non-hydrogen) atoms. The minimum atomic E-state index is -4.25. The predicted octanol–water partition coefficient (Wildman–Crippen LogP) is 0.468. The van der Waals surface area contributed by atoms with Crippen LogP contribution < -0.4 is 10.6 Å². The van der Waals surface area contributed by atoms with Gasteiger partial charge in [0.15, 0.2) is 9.84 Å². The Hall–Kier alpha value is -0.830. The first-order valence-electron chi connectivity index (χ1n) is 6.44. The van der Waals surface area contributed by atoms with Crippen molar-refractivity contribution >= 4 is 15.7 Å². The lowest BCUT2D eigenvalue weighted by Gasteiger charge is -2.30. The van der Waals surface area contributed by atoms with Gasteiger partial charge in [-0.2, -0.15) is 13.2 Å². The van der Waals surface area contributed by atoms with Gasteiger partial charge in [0.25, 0.3) is 0 Å². The summed E-state index contributed by atoms with van der Waals surface area (Å²) in [7, 11) is -3.16. The second-order valence-corrected chi connectivity index (χ2v) is 7.28. The third-order valence-corrected chi connectivity index (χ3v) is 5.05. The molecular weight excluding hydrogens is 297 g/mol. The number of sulfone groups is 1. The van der Waals surface area contributed by atoms with E-state index in [1.54, 1.807) is 0 Å². The van der Waals surface area contributed by atoms with Crippen molar-refractivity contribution in [1.29, 1.82) is 0 Å². The first kappa shape index (κ1) is 17.2. The van der Waals surface area contributed by atoms with Gasteiger partial charge in [-0.25, -0.2) is 8.42 Å². The van der Waals surface area contributed by atoms with Crippen LogP contribution in [0, 0.1) is 5.92 Å². The molecule has 1 amide bonds. The van der Waals surface area contributed by atoms with E-state index in [4.69, 9.17) is 0 Å². The van der Waals surface area contributed by atoms with Gasteiger partial charge in [-0.15, -0.1) is 0 Å². The fourth-order valence-electron chi connectivity index (χ4n) is 1.96. The van der Waals surface area contributed by atoms with Gasteiger partial charge < -0.3 is 10.6 Å². The number of rotatable bonds is 5. The number of halogens is 3. The van der Waals surface area contributed by atoms with Crippen molar-refractivity contribution in [1.82, 2.24) is 10.6 Å². The molecular formula is C11H19F3N2O3S. The lowest BCUT2D eigenvalue weighted by molar-refractivity contribution is -0.180. The Bertz CT molecular complexity index is 429. The van der Waals surface area contributed by atoms with Crippen LogP contribution in [0.1, 0.15) is 19.8 Å². The van der Waals surface area contributed by atoms with E-state index in [-0.39, 0.29) is 37.4 Å². The van der Waals surface area contributed by atoms with E-state index < -0.39 is 33.9 Å². The highest BCUT2D eigenvalue weighted by atomic mass is 32.2. The molecule has 2 N–H and O–H groups in total. The second kappa shape index (κ2) is 6.75. The van der Waals surface area contributed by atoms with Gasteiger partial charge in [0.1, 0.15) is 0 Å². The minimum Gasteiger partial charge on any atom is -0.354 e. The van der Waals surface area contributed by atoms with Crippen LogP contribution in [0.2, 0.25) is 0 Å². The van der Waals surface area contributed by atoms with Gasteiger partial charge in [0, 0.05) is 18.8 Å². The van der Waals surface area contributed by atoms with E-state index in [1.165, 1.54) is 6.92 Å². The lowest BCUT2D eigenvalue weighted by atomic mass is 9.94. The van der Waals surface area contributed by atoms with Crippen molar-refractivity contribution in [2.24, 2.45) is 5.92 Å². The molecule has 0 aromatic rings. The topological polar surface area (TPSA) is 75.3 Å². The number of hydrogen-bond donors (Lipinski definition) is 2. The van der Waals surface area contributed by atoms with Crippen LogP contribution in [-0.4, -0.2) is 51.1 Å². The van der Waals surface area contributed by atoms with Crippen molar-refractivity contribution in [3.8, 4) is 0 Å². The Labute approximate surface area is 116 Å². The number of hydrogen-bond acceptors (Lipinski definition) is 4. The number of alkyl halides is 3. The average Bonchev–Trinajstić information content (AvgIpc) is 2.37. The summed E-state index contributed by atoms with van der Waals surface area (Å²) >= 11 is 0. The van der Waals surface area contributed by atoms with Crippen LogP contribution in [0.5, 0.6) is 0 Å². The molecule has 1 saturated heterocycles. The van der Waals surface area contributed by atoms with Gasteiger partial charge in [-0.05, 0) is 12.8 Å². The van der Waals surface area contributed by atoms with Crippen molar-refractivity contribution in [2.45, 2.75) is 32.0 Å². The monoisotopic (exact) mass is 316 g/mol. The molecule has 1 rings (SSSR count). The van der Waals surface area contributed by atoms with Crippen LogP contribution in [-0.2, 0) is 14.6 Å². The number of nitrogens with one attached hydrogen (secondary N) is 2. The zero-order valence-corrected chi connectivity index (χ0v) is 12.0. The first-order valence-corrected chi connectivity index (χ1v) is 8.26. The quantitative estimate of drug-likeness (QED) is 0.773. The minimum absolute atomic E-state index is 0.00217. The Morgan fingerprint density at radius 1 is 1.35 bits per heavy atom. The normalized spacial score (nSPS) is 24.4. The molecule has 0 bridgehead atoms. The Kier molecular flexibility index (Phi) is 5.81. The van der Waals surface area contributed by atoms with Gasteiger partial charge >= 0.3 is 6.18 Å². The average molecular weight is 316 g/mol. The lowest BCUT2D eigenvalue weighted by Crippen LogP contribution is -2.51. The summed E-state index contributed by atoms with van der Waals surface area (Å²) in [5.74, 6) is -2.03. The Balaban J connectivity index is 2.33. The summed E-state index contributed by atoms with van der Waals surface area (Å²) in [5, 5.41) is 4.99. The van der Waals surface area contributed by atoms with Crippen molar-refractivity contribution < 1.29 is 26.4 Å². The molecule has 0 radical (unpaired) electrons. The summed E-state index contributed by atoms with van der Waals surface area (Å²) in [5.41, 5.74) is 0. The van der Waals surface area contributed by atoms with E-state index in [2.05, 4.69) is 10.6 Å². The maximum absolute atomic E-state index is 12.4. The second-order valence-electron chi connectivity index (χ2n) is 4.80. The number of carbonyl (C=O) groups is 1. The zero-order valence-electron chi connectivity index (χ0n) is 11.2. The molecule has 0 saturated carbocycles. The highest BCUT2D eigenvalue weighted by molar-refractivity contribution is 7.91. The number of amides is 1. The van der Waals surface area contributed by atoms with Gasteiger partial charge in [0.05, 0.1) is 17.7 Å². The first-order chi connectivity index (χ1) is 9.15. The van der Waals surface area contributed by atoms with Crippen LogP contribution >= 0.6 is 0 Å². The molecule has 2 unspecified atom stereocenters. The SMILES string of the molecule is CCS(=O)(=O)CCNC(=O)C1CCC(C(F)(F)F)CN1. The van der Waals surface area contributed by atoms with Gasteiger partial charge in [-0.1, -0.05) is 6.92 Å². The van der Waals surface area contributed by atoms with E-state index in [1.807, 2.05) is 0 Å². The molecule has 1 aliphatic heterocycles. The zero-order chi connectivity index (χ0) is 15.4. The van der Waals surface area contributed by atoms with Crippen molar-refractivity contribution in [3.05, 3.63) is 0 Å². The third kappa shape index (κ3) is 5.28. The van der Waals surface area contributed by atoms with E-state index in [0.717, 1.165) is 0 Å². The maximum atomic E-state index is 12.4. The van der Waals surface area contributed by atoms with E-state index in [9.17, 15) is 26.4 Å². The maximum Gasteiger partial charge on any atom is 0.393 e. The molecule has 0 aromatic carbocycles. The van der Waals surface area contributed by atoms with Gasteiger partial charge in [0.2, 0.25) is 5.91 Å². The smallest absolute Gasteiger partial charge is 0.354 e. The van der Waals surface area contributed by atoms with E-state index >= 15 is 0 Å². The number of carbonyl (C=O) groups excluding carboxylic acids is 1. The fourth-order valence-corrected chi connectivity index (χ4v) is 2.66. The number of piperidine rings is 1. The molecule has 0 aromatic heterocycles. The molecule has 9 heteroatoms. The fraction of sp³-hybridized carbons (Fsp3) is 0.909. The summed E-state index contributed by atoms with van der Waals surface area (Å²) in [6.45, 7) is 1.21. The summed E-state index contributed by atoms with van der Waals surface area (Å²) in [6, 6.07) is -0.682. The molecule has 118 valence electrons. The van der Waals surface area contributed by atoms with Crippen molar-refractivity contribution in [3.63, 3.8) is 0 Å². The standard InChI is InChI=1S/C11H19F3N2O3S/c1-2-20(18,19)6-5-15-10(17)9-4-3-8(7-16-9)11(12,13)14/h8-9,16H,2-7H2,1H3,(H,15,17). The molecule has 2 atom stereocenters. The molecule has 0 aliphatic carbocycles.